The number of nitrogens with zero attached hydrogens (tertiary/aromatic N) is 2. The number of ether oxygens (including phenoxy) is 1. The molecule has 0 fully saturated rings. The summed E-state index contributed by atoms with van der Waals surface area (Å²) in [5, 5.41) is 0. The monoisotopic (exact) mass is 251 g/mol. The van der Waals surface area contributed by atoms with Gasteiger partial charge in [0.2, 0.25) is 5.88 Å². The molecule has 0 saturated carbocycles. The second kappa shape index (κ2) is 6.69. The maximum Gasteiger partial charge on any atom is 0.217 e. The van der Waals surface area contributed by atoms with E-state index in [0.29, 0.717) is 11.7 Å². The first-order chi connectivity index (χ1) is 8.42. The third kappa shape index (κ3) is 5.45. The predicted molar refractivity (Wildman–Crippen MR) is 73.5 cm³/mol. The molecule has 1 aromatic heterocycles. The summed E-state index contributed by atoms with van der Waals surface area (Å²) < 4.78 is 5.71. The molecule has 0 spiro atoms. The van der Waals surface area contributed by atoms with Gasteiger partial charge < -0.3 is 10.5 Å². The molecule has 0 saturated heterocycles. The van der Waals surface area contributed by atoms with E-state index in [1.165, 1.54) is 12.8 Å². The fraction of sp³-hybridized carbons (Fsp3) is 0.714. The van der Waals surface area contributed by atoms with Gasteiger partial charge in [0.25, 0.3) is 0 Å². The van der Waals surface area contributed by atoms with Crippen LogP contribution in [0.1, 0.15) is 65.2 Å². The van der Waals surface area contributed by atoms with Crippen LogP contribution in [0.2, 0.25) is 0 Å². The van der Waals surface area contributed by atoms with Crippen molar-refractivity contribution in [1.82, 2.24) is 9.97 Å². The van der Waals surface area contributed by atoms with Crippen LogP contribution in [0.3, 0.4) is 0 Å². The van der Waals surface area contributed by atoms with E-state index in [9.17, 15) is 0 Å². The molecule has 4 nitrogen and oxygen atoms in total. The second-order valence-corrected chi connectivity index (χ2v) is 5.57. The average Bonchev–Trinajstić information content (AvgIpc) is 2.27. The Morgan fingerprint density at radius 3 is 2.67 bits per heavy atom. The lowest BCUT2D eigenvalue weighted by atomic mass is 10.1. The zero-order valence-electron chi connectivity index (χ0n) is 11.9. The largest absolute Gasteiger partial charge is 0.472 e. The van der Waals surface area contributed by atoms with E-state index in [-0.39, 0.29) is 11.6 Å². The van der Waals surface area contributed by atoms with Gasteiger partial charge in [0.15, 0.2) is 0 Å². The number of hydrogen-bond donors (Lipinski definition) is 1. The Morgan fingerprint density at radius 1 is 1.33 bits per heavy atom. The van der Waals surface area contributed by atoms with Crippen molar-refractivity contribution in [3.63, 3.8) is 0 Å². The normalized spacial score (nSPS) is 13.4. The van der Waals surface area contributed by atoms with Gasteiger partial charge in [-0.25, -0.2) is 4.98 Å². The lowest BCUT2D eigenvalue weighted by molar-refractivity contribution is 0.123. The van der Waals surface area contributed by atoms with Crippen LogP contribution in [-0.2, 0) is 0 Å². The molecule has 2 N–H and O–H groups in total. The molecule has 18 heavy (non-hydrogen) atoms. The molecular formula is C14H25N3O. The molecule has 0 radical (unpaired) electrons. The van der Waals surface area contributed by atoms with Crippen LogP contribution < -0.4 is 10.5 Å². The summed E-state index contributed by atoms with van der Waals surface area (Å²) in [6.45, 7) is 8.17. The maximum absolute atomic E-state index is 6.09. The summed E-state index contributed by atoms with van der Waals surface area (Å²) >= 11 is 0. The fourth-order valence-corrected chi connectivity index (χ4v) is 1.65. The molecule has 0 bridgehead atoms. The van der Waals surface area contributed by atoms with Crippen LogP contribution in [0.15, 0.2) is 12.3 Å². The molecule has 4 heteroatoms. The highest BCUT2D eigenvalue weighted by Gasteiger charge is 2.15. The van der Waals surface area contributed by atoms with E-state index in [2.05, 4.69) is 16.9 Å². The predicted octanol–water partition coefficient (Wildman–Crippen LogP) is 3.23. The summed E-state index contributed by atoms with van der Waals surface area (Å²) in [7, 11) is 0. The van der Waals surface area contributed by atoms with Crippen molar-refractivity contribution in [3.05, 3.63) is 18.1 Å². The van der Waals surface area contributed by atoms with E-state index in [1.807, 2.05) is 20.8 Å². The summed E-state index contributed by atoms with van der Waals surface area (Å²) in [4.78, 5) is 8.61. The lowest BCUT2D eigenvalue weighted by Crippen LogP contribution is -2.24. The molecular weight excluding hydrogens is 226 g/mol. The second-order valence-electron chi connectivity index (χ2n) is 5.57. The van der Waals surface area contributed by atoms with E-state index >= 15 is 0 Å². The number of unbranched alkanes of at least 4 members (excludes halogenated alkanes) is 2. The number of hydrogen-bond acceptors (Lipinski definition) is 4. The quantitative estimate of drug-likeness (QED) is 0.788. The van der Waals surface area contributed by atoms with Crippen molar-refractivity contribution in [2.75, 3.05) is 0 Å². The topological polar surface area (TPSA) is 61.0 Å². The minimum atomic E-state index is -0.252. The molecule has 0 aliphatic rings. The minimum absolute atomic E-state index is 0.0972. The molecule has 1 rings (SSSR count). The van der Waals surface area contributed by atoms with Gasteiger partial charge in [-0.1, -0.05) is 26.2 Å². The summed E-state index contributed by atoms with van der Waals surface area (Å²) in [6.07, 6.45) is 6.15. The van der Waals surface area contributed by atoms with Crippen molar-refractivity contribution >= 4 is 0 Å². The van der Waals surface area contributed by atoms with Crippen molar-refractivity contribution in [2.45, 2.75) is 65.0 Å². The Balaban J connectivity index is 2.63. The van der Waals surface area contributed by atoms with E-state index in [0.717, 1.165) is 12.8 Å². The molecule has 0 amide bonds. The molecule has 0 aromatic carbocycles. The van der Waals surface area contributed by atoms with Crippen LogP contribution in [-0.4, -0.2) is 15.6 Å². The molecule has 1 heterocycles. The van der Waals surface area contributed by atoms with Crippen LogP contribution in [0, 0.1) is 0 Å². The minimum Gasteiger partial charge on any atom is -0.472 e. The Morgan fingerprint density at radius 2 is 2.06 bits per heavy atom. The molecule has 0 aliphatic heterocycles. The van der Waals surface area contributed by atoms with E-state index < -0.39 is 0 Å². The fourth-order valence-electron chi connectivity index (χ4n) is 1.65. The Bertz CT molecular complexity index is 360. The Labute approximate surface area is 110 Å². The summed E-state index contributed by atoms with van der Waals surface area (Å²) in [6, 6.07) is 1.67. The van der Waals surface area contributed by atoms with Gasteiger partial charge in [-0.15, -0.1) is 0 Å². The van der Waals surface area contributed by atoms with Crippen molar-refractivity contribution in [2.24, 2.45) is 5.73 Å². The van der Waals surface area contributed by atoms with Crippen LogP contribution >= 0.6 is 0 Å². The van der Waals surface area contributed by atoms with Gasteiger partial charge in [0.05, 0.1) is 6.04 Å². The third-order valence-corrected chi connectivity index (χ3v) is 2.51. The highest BCUT2D eigenvalue weighted by molar-refractivity contribution is 5.11. The van der Waals surface area contributed by atoms with Gasteiger partial charge in [0.1, 0.15) is 11.4 Å². The maximum atomic E-state index is 6.09. The summed E-state index contributed by atoms with van der Waals surface area (Å²) in [5.74, 6) is 1.27. The van der Waals surface area contributed by atoms with E-state index in [4.69, 9.17) is 10.5 Å². The van der Waals surface area contributed by atoms with Gasteiger partial charge >= 0.3 is 0 Å². The number of rotatable bonds is 6. The van der Waals surface area contributed by atoms with Crippen molar-refractivity contribution < 1.29 is 4.74 Å². The number of nitrogens with two attached hydrogens (primary N) is 1. The van der Waals surface area contributed by atoms with Crippen molar-refractivity contribution in [3.8, 4) is 5.88 Å². The zero-order chi connectivity index (χ0) is 13.6. The molecule has 0 aliphatic carbocycles. The SMILES string of the molecule is CCCCCC(N)c1nccc(OC(C)(C)C)n1. The Hall–Kier alpha value is -1.16. The van der Waals surface area contributed by atoms with Gasteiger partial charge in [0, 0.05) is 12.3 Å². The standard InChI is InChI=1S/C14H25N3O/c1-5-6-7-8-11(15)13-16-10-9-12(17-13)18-14(2,3)4/h9-11H,5-8,15H2,1-4H3. The van der Waals surface area contributed by atoms with Crippen LogP contribution in [0.5, 0.6) is 5.88 Å². The van der Waals surface area contributed by atoms with Crippen LogP contribution in [0.25, 0.3) is 0 Å². The number of aromatic nitrogens is 2. The third-order valence-electron chi connectivity index (χ3n) is 2.51. The molecule has 102 valence electrons. The first-order valence-electron chi connectivity index (χ1n) is 6.70. The molecule has 1 unspecified atom stereocenters. The van der Waals surface area contributed by atoms with Crippen LogP contribution in [0.4, 0.5) is 0 Å². The van der Waals surface area contributed by atoms with E-state index in [1.54, 1.807) is 12.3 Å². The van der Waals surface area contributed by atoms with Crippen molar-refractivity contribution in [1.29, 1.82) is 0 Å². The Kier molecular flexibility index (Phi) is 5.54. The summed E-state index contributed by atoms with van der Waals surface area (Å²) in [5.41, 5.74) is 5.84. The van der Waals surface area contributed by atoms with Gasteiger partial charge in [-0.05, 0) is 27.2 Å². The first-order valence-corrected chi connectivity index (χ1v) is 6.70. The zero-order valence-corrected chi connectivity index (χ0v) is 11.9. The molecule has 1 atom stereocenters. The lowest BCUT2D eigenvalue weighted by Gasteiger charge is -2.20. The molecule has 1 aromatic rings. The average molecular weight is 251 g/mol. The smallest absolute Gasteiger partial charge is 0.217 e. The highest BCUT2D eigenvalue weighted by Crippen LogP contribution is 2.18. The first kappa shape index (κ1) is 14.9. The van der Waals surface area contributed by atoms with Gasteiger partial charge in [-0.2, -0.15) is 4.98 Å². The van der Waals surface area contributed by atoms with Gasteiger partial charge in [-0.3, -0.25) is 0 Å². The highest BCUT2D eigenvalue weighted by atomic mass is 16.5.